The molecular formula is C10H10O4. The Kier molecular flexibility index (Phi) is 5.46. The molecule has 1 aromatic rings. The zero-order valence-corrected chi connectivity index (χ0v) is 7.38. The summed E-state index contributed by atoms with van der Waals surface area (Å²) in [5.41, 5.74) is 0.331. The van der Waals surface area contributed by atoms with Crippen molar-refractivity contribution in [2.75, 3.05) is 0 Å². The van der Waals surface area contributed by atoms with Gasteiger partial charge in [-0.05, 0) is 12.1 Å². The molecule has 0 radical (unpaired) electrons. The molecule has 4 nitrogen and oxygen atoms in total. The summed E-state index contributed by atoms with van der Waals surface area (Å²) in [6.45, 7) is 2.96. The van der Waals surface area contributed by atoms with Gasteiger partial charge in [0, 0.05) is 6.08 Å². The average molecular weight is 194 g/mol. The van der Waals surface area contributed by atoms with Gasteiger partial charge in [0.25, 0.3) is 0 Å². The van der Waals surface area contributed by atoms with Crippen molar-refractivity contribution in [1.82, 2.24) is 0 Å². The SMILES string of the molecule is C=CC(=O)O.O=C(O)c1ccccc1. The number of rotatable bonds is 2. The van der Waals surface area contributed by atoms with E-state index in [0.717, 1.165) is 6.08 Å². The van der Waals surface area contributed by atoms with E-state index < -0.39 is 11.9 Å². The van der Waals surface area contributed by atoms with Gasteiger partial charge in [0.15, 0.2) is 0 Å². The monoisotopic (exact) mass is 194 g/mol. The Morgan fingerprint density at radius 1 is 1.14 bits per heavy atom. The number of aliphatic carboxylic acids is 1. The summed E-state index contributed by atoms with van der Waals surface area (Å²) in [6.07, 6.45) is 0.833. The third-order valence-corrected chi connectivity index (χ3v) is 1.20. The van der Waals surface area contributed by atoms with E-state index in [1.54, 1.807) is 30.3 Å². The van der Waals surface area contributed by atoms with Crippen LogP contribution in [0.5, 0.6) is 0 Å². The number of carbonyl (C=O) groups is 2. The molecule has 0 aliphatic rings. The molecule has 0 amide bonds. The molecule has 0 aromatic heterocycles. The number of aromatic carboxylic acids is 1. The Labute approximate surface area is 81.1 Å². The molecule has 74 valence electrons. The first-order chi connectivity index (χ1) is 6.57. The quantitative estimate of drug-likeness (QED) is 0.702. The first-order valence-corrected chi connectivity index (χ1v) is 3.71. The van der Waals surface area contributed by atoms with Crippen molar-refractivity contribution in [1.29, 1.82) is 0 Å². The molecule has 0 saturated heterocycles. The highest BCUT2D eigenvalue weighted by Gasteiger charge is 1.96. The van der Waals surface area contributed by atoms with Crippen molar-refractivity contribution in [3.8, 4) is 0 Å². The van der Waals surface area contributed by atoms with Crippen LogP contribution in [-0.2, 0) is 4.79 Å². The van der Waals surface area contributed by atoms with Crippen LogP contribution in [0.25, 0.3) is 0 Å². The Morgan fingerprint density at radius 2 is 1.57 bits per heavy atom. The standard InChI is InChI=1S/C7H6O2.C3H4O2/c8-7(9)6-4-2-1-3-5-6;1-2-3(4)5/h1-5H,(H,8,9);2H,1H2,(H,4,5). The van der Waals surface area contributed by atoms with Crippen LogP contribution < -0.4 is 0 Å². The van der Waals surface area contributed by atoms with Gasteiger partial charge >= 0.3 is 11.9 Å². The molecule has 14 heavy (non-hydrogen) atoms. The van der Waals surface area contributed by atoms with Crippen LogP contribution in [0.4, 0.5) is 0 Å². The van der Waals surface area contributed by atoms with Crippen LogP contribution in [0.15, 0.2) is 43.0 Å². The fourth-order valence-electron chi connectivity index (χ4n) is 0.581. The normalized spacial score (nSPS) is 8.00. The maximum Gasteiger partial charge on any atom is 0.335 e. The molecule has 0 fully saturated rings. The van der Waals surface area contributed by atoms with Crippen molar-refractivity contribution >= 4 is 11.9 Å². The summed E-state index contributed by atoms with van der Waals surface area (Å²) in [5.74, 6) is -1.86. The summed E-state index contributed by atoms with van der Waals surface area (Å²) in [7, 11) is 0. The van der Waals surface area contributed by atoms with E-state index in [-0.39, 0.29) is 0 Å². The lowest BCUT2D eigenvalue weighted by Crippen LogP contribution is -1.93. The predicted octanol–water partition coefficient (Wildman–Crippen LogP) is 1.64. The van der Waals surface area contributed by atoms with Crippen molar-refractivity contribution in [2.24, 2.45) is 0 Å². The van der Waals surface area contributed by atoms with E-state index in [9.17, 15) is 9.59 Å². The fourth-order valence-corrected chi connectivity index (χ4v) is 0.581. The lowest BCUT2D eigenvalue weighted by Gasteiger charge is -1.88. The first-order valence-electron chi connectivity index (χ1n) is 3.71. The summed E-state index contributed by atoms with van der Waals surface area (Å²) in [4.78, 5) is 19.5. The van der Waals surface area contributed by atoms with Gasteiger partial charge in [-0.25, -0.2) is 9.59 Å². The second-order valence-corrected chi connectivity index (χ2v) is 2.21. The highest BCUT2D eigenvalue weighted by atomic mass is 16.4. The minimum absolute atomic E-state index is 0.331. The van der Waals surface area contributed by atoms with Crippen molar-refractivity contribution in [2.45, 2.75) is 0 Å². The van der Waals surface area contributed by atoms with Crippen molar-refractivity contribution in [3.05, 3.63) is 48.6 Å². The first kappa shape index (κ1) is 11.9. The van der Waals surface area contributed by atoms with Crippen LogP contribution >= 0.6 is 0 Å². The number of benzene rings is 1. The molecule has 0 spiro atoms. The number of carboxylic acids is 2. The van der Waals surface area contributed by atoms with Crippen LogP contribution in [0.2, 0.25) is 0 Å². The van der Waals surface area contributed by atoms with Gasteiger partial charge in [-0.2, -0.15) is 0 Å². The summed E-state index contributed by atoms with van der Waals surface area (Å²) in [5, 5.41) is 16.0. The van der Waals surface area contributed by atoms with Gasteiger partial charge in [0.1, 0.15) is 0 Å². The fraction of sp³-hybridized carbons (Fsp3) is 0. The summed E-state index contributed by atoms with van der Waals surface area (Å²) in [6, 6.07) is 8.30. The van der Waals surface area contributed by atoms with Gasteiger partial charge < -0.3 is 10.2 Å². The van der Waals surface area contributed by atoms with E-state index in [4.69, 9.17) is 10.2 Å². The molecule has 0 heterocycles. The molecule has 0 saturated carbocycles. The Bertz CT molecular complexity index is 316. The summed E-state index contributed by atoms with van der Waals surface area (Å²) >= 11 is 0. The van der Waals surface area contributed by atoms with E-state index >= 15 is 0 Å². The van der Waals surface area contributed by atoms with E-state index in [2.05, 4.69) is 6.58 Å². The molecule has 2 N–H and O–H groups in total. The Morgan fingerprint density at radius 3 is 1.79 bits per heavy atom. The molecule has 1 rings (SSSR count). The lowest BCUT2D eigenvalue weighted by molar-refractivity contribution is -0.131. The molecule has 0 aliphatic heterocycles. The van der Waals surface area contributed by atoms with Crippen LogP contribution in [0.3, 0.4) is 0 Å². The van der Waals surface area contributed by atoms with E-state index in [1.807, 2.05) is 0 Å². The van der Waals surface area contributed by atoms with Gasteiger partial charge in [-0.1, -0.05) is 24.8 Å². The highest BCUT2D eigenvalue weighted by Crippen LogP contribution is 1.96. The lowest BCUT2D eigenvalue weighted by atomic mass is 10.2. The molecule has 0 aliphatic carbocycles. The Hall–Kier alpha value is -2.10. The minimum atomic E-state index is -0.981. The maximum atomic E-state index is 10.2. The van der Waals surface area contributed by atoms with Gasteiger partial charge in [0.2, 0.25) is 0 Å². The Balaban J connectivity index is 0.000000292. The second kappa shape index (κ2) is 6.42. The number of carboxylic acid groups (broad SMARTS) is 2. The van der Waals surface area contributed by atoms with E-state index in [0.29, 0.717) is 5.56 Å². The van der Waals surface area contributed by atoms with Crippen LogP contribution in [-0.4, -0.2) is 22.2 Å². The predicted molar refractivity (Wildman–Crippen MR) is 51.2 cm³/mol. The highest BCUT2D eigenvalue weighted by molar-refractivity contribution is 5.87. The molecule has 0 atom stereocenters. The van der Waals surface area contributed by atoms with Crippen LogP contribution in [0.1, 0.15) is 10.4 Å². The van der Waals surface area contributed by atoms with Gasteiger partial charge in [-0.3, -0.25) is 0 Å². The maximum absolute atomic E-state index is 10.2. The van der Waals surface area contributed by atoms with Crippen molar-refractivity contribution in [3.63, 3.8) is 0 Å². The third-order valence-electron chi connectivity index (χ3n) is 1.20. The van der Waals surface area contributed by atoms with Gasteiger partial charge in [0.05, 0.1) is 5.56 Å². The number of hydrogen-bond donors (Lipinski definition) is 2. The van der Waals surface area contributed by atoms with E-state index in [1.165, 1.54) is 0 Å². The third kappa shape index (κ3) is 5.54. The molecular weight excluding hydrogens is 184 g/mol. The molecule has 0 unspecified atom stereocenters. The zero-order chi connectivity index (χ0) is 11.0. The average Bonchev–Trinajstić information content (AvgIpc) is 2.20. The van der Waals surface area contributed by atoms with Gasteiger partial charge in [-0.15, -0.1) is 0 Å². The molecule has 1 aromatic carbocycles. The largest absolute Gasteiger partial charge is 0.478 e. The number of hydrogen-bond acceptors (Lipinski definition) is 2. The minimum Gasteiger partial charge on any atom is -0.478 e. The topological polar surface area (TPSA) is 74.6 Å². The smallest absolute Gasteiger partial charge is 0.335 e. The zero-order valence-electron chi connectivity index (χ0n) is 7.38. The second-order valence-electron chi connectivity index (χ2n) is 2.21. The van der Waals surface area contributed by atoms with Crippen molar-refractivity contribution < 1.29 is 19.8 Å². The molecule has 0 bridgehead atoms. The molecule has 4 heteroatoms. The van der Waals surface area contributed by atoms with Crippen LogP contribution in [0, 0.1) is 0 Å². The summed E-state index contributed by atoms with van der Waals surface area (Å²) < 4.78 is 0.